The third-order valence-electron chi connectivity index (χ3n) is 9.26. The van der Waals surface area contributed by atoms with Gasteiger partial charge in [-0.05, 0) is 107 Å². The Morgan fingerprint density at radius 2 is 0.769 bits per heavy atom. The van der Waals surface area contributed by atoms with Crippen LogP contribution in [0.4, 0.5) is 0 Å². The van der Waals surface area contributed by atoms with E-state index in [2.05, 4.69) is 123 Å². The Kier molecular flexibility index (Phi) is 9.22. The second-order valence-electron chi connectivity index (χ2n) is 11.7. The van der Waals surface area contributed by atoms with Crippen LogP contribution in [0, 0.1) is 5.92 Å². The van der Waals surface area contributed by atoms with Crippen LogP contribution in [0.15, 0.2) is 77.0 Å². The molecule has 0 radical (unpaired) electrons. The van der Waals surface area contributed by atoms with Crippen LogP contribution in [0.25, 0.3) is 0 Å². The number of aryl methyl sites for hydroxylation is 6. The summed E-state index contributed by atoms with van der Waals surface area (Å²) in [6.45, 7) is 21.1. The maximum absolute atomic E-state index is 2.62. The second kappa shape index (κ2) is 12.3. The summed E-state index contributed by atoms with van der Waals surface area (Å²) in [4.78, 5) is 0. The van der Waals surface area contributed by atoms with Crippen LogP contribution in [0.2, 0.25) is 0 Å². The highest BCUT2D eigenvalue weighted by Crippen LogP contribution is 2.37. The molecule has 0 aromatic heterocycles. The molecule has 0 fully saturated rings. The molecule has 39 heavy (non-hydrogen) atoms. The van der Waals surface area contributed by atoms with E-state index in [0.717, 1.165) is 38.5 Å². The Hall–Kier alpha value is -2.64. The van der Waals surface area contributed by atoms with Crippen molar-refractivity contribution in [3.05, 3.63) is 110 Å². The summed E-state index contributed by atoms with van der Waals surface area (Å²) in [7, 11) is -2.62. The maximum atomic E-state index is 2.60. The third kappa shape index (κ3) is 5.40. The number of rotatable bonds is 10. The largest absolute Gasteiger partial charge is 0.176 e. The van der Waals surface area contributed by atoms with Gasteiger partial charge in [-0.1, -0.05) is 125 Å². The van der Waals surface area contributed by atoms with Crippen LogP contribution >= 0.6 is 0 Å². The van der Waals surface area contributed by atoms with Crippen LogP contribution < -0.4 is 15.6 Å². The van der Waals surface area contributed by atoms with Gasteiger partial charge in [-0.3, -0.25) is 0 Å². The van der Waals surface area contributed by atoms with Gasteiger partial charge < -0.3 is 0 Å². The highest BCUT2D eigenvalue weighted by atomic mass is 28.3. The molecule has 0 nitrogen and oxygen atoms in total. The molecule has 1 heteroatoms. The Balaban J connectivity index is 2.30. The normalized spacial score (nSPS) is 15.7. The molecule has 0 heterocycles. The van der Waals surface area contributed by atoms with Crippen LogP contribution in [-0.2, 0) is 38.5 Å². The maximum Gasteiger partial charge on any atom is 0.176 e. The lowest BCUT2D eigenvalue weighted by Gasteiger charge is -2.39. The van der Waals surface area contributed by atoms with Crippen molar-refractivity contribution in [2.24, 2.45) is 5.92 Å². The van der Waals surface area contributed by atoms with Gasteiger partial charge in [-0.2, -0.15) is 0 Å². The van der Waals surface area contributed by atoms with Gasteiger partial charge in [0.1, 0.15) is 0 Å². The fourth-order valence-electron chi connectivity index (χ4n) is 6.89. The van der Waals surface area contributed by atoms with E-state index in [9.17, 15) is 0 Å². The van der Waals surface area contributed by atoms with Crippen molar-refractivity contribution in [3.63, 3.8) is 0 Å². The van der Waals surface area contributed by atoms with Crippen molar-refractivity contribution in [2.45, 2.75) is 101 Å². The molecule has 0 bridgehead atoms. The van der Waals surface area contributed by atoms with E-state index in [0.29, 0.717) is 5.92 Å². The topological polar surface area (TPSA) is 0 Å². The van der Waals surface area contributed by atoms with E-state index in [4.69, 9.17) is 0 Å². The monoisotopic (exact) mass is 534 g/mol. The van der Waals surface area contributed by atoms with E-state index in [1.54, 1.807) is 20.8 Å². The zero-order valence-electron chi connectivity index (χ0n) is 26.1. The van der Waals surface area contributed by atoms with Crippen LogP contribution in [0.5, 0.6) is 0 Å². The fourth-order valence-corrected chi connectivity index (χ4v) is 12.8. The summed E-state index contributed by atoms with van der Waals surface area (Å²) >= 11 is 0. The third-order valence-corrected chi connectivity index (χ3v) is 14.4. The molecule has 0 saturated carbocycles. The molecule has 4 rings (SSSR count). The molecule has 0 N–H and O–H groups in total. The van der Waals surface area contributed by atoms with Gasteiger partial charge in [0.05, 0.1) is 0 Å². The van der Waals surface area contributed by atoms with Gasteiger partial charge >= 0.3 is 0 Å². The van der Waals surface area contributed by atoms with Gasteiger partial charge in [0, 0.05) is 0 Å². The van der Waals surface area contributed by atoms with Crippen molar-refractivity contribution >= 4 is 23.6 Å². The van der Waals surface area contributed by atoms with E-state index < -0.39 is 8.07 Å². The van der Waals surface area contributed by atoms with E-state index in [1.807, 2.05) is 0 Å². The molecule has 1 unspecified atom stereocenters. The lowest BCUT2D eigenvalue weighted by Crippen LogP contribution is -2.70. The zero-order chi connectivity index (χ0) is 28.3. The van der Waals surface area contributed by atoms with Crippen LogP contribution in [0.1, 0.15) is 95.7 Å². The first-order valence-corrected chi connectivity index (χ1v) is 17.5. The molecular weight excluding hydrogens is 485 g/mol. The quantitative estimate of drug-likeness (QED) is 0.183. The Bertz CT molecular complexity index is 1200. The SMILES string of the molecule is CCc1cc(CC)cc([Si](C2=C(C)C(C)=CC2C)(c2cc(CC)cc(CC)c2)c2cc(CC)cc(CC)c2)c1. The Morgan fingerprint density at radius 3 is 0.974 bits per heavy atom. The lowest BCUT2D eigenvalue weighted by atomic mass is 10.1. The first-order chi connectivity index (χ1) is 18.7. The summed E-state index contributed by atoms with van der Waals surface area (Å²) in [5.74, 6) is 0.428. The fraction of sp³-hybridized carbons (Fsp3) is 0.421. The van der Waals surface area contributed by atoms with E-state index >= 15 is 0 Å². The van der Waals surface area contributed by atoms with Crippen molar-refractivity contribution in [2.75, 3.05) is 0 Å². The standard InChI is InChI=1S/C38H50Si/c1-10-29-17-30(11-2)21-35(20-29)39(38-27(8)16-26(7)28(38)9,36-22-31(12-3)18-32(13-4)23-36)37-24-33(14-5)19-34(15-6)25-37/h16-25,27H,10-15H2,1-9H3. The molecule has 3 aromatic rings. The van der Waals surface area contributed by atoms with Crippen LogP contribution in [-0.4, -0.2) is 8.07 Å². The van der Waals surface area contributed by atoms with Crippen molar-refractivity contribution in [1.29, 1.82) is 0 Å². The number of hydrogen-bond donors (Lipinski definition) is 0. The average molecular weight is 535 g/mol. The van der Waals surface area contributed by atoms with Crippen LogP contribution in [0.3, 0.4) is 0 Å². The Labute approximate surface area is 240 Å². The van der Waals surface area contributed by atoms with Gasteiger partial charge in [-0.25, -0.2) is 0 Å². The minimum Gasteiger partial charge on any atom is -0.0748 e. The molecule has 0 saturated heterocycles. The minimum atomic E-state index is -2.62. The minimum absolute atomic E-state index is 0.428. The number of hydrogen-bond acceptors (Lipinski definition) is 0. The van der Waals surface area contributed by atoms with E-state index in [-0.39, 0.29) is 0 Å². The summed E-state index contributed by atoms with van der Waals surface area (Å²) < 4.78 is 0. The molecular formula is C38H50Si. The molecule has 1 aliphatic carbocycles. The highest BCUT2D eigenvalue weighted by Gasteiger charge is 2.47. The van der Waals surface area contributed by atoms with Crippen molar-refractivity contribution in [3.8, 4) is 0 Å². The lowest BCUT2D eigenvalue weighted by molar-refractivity contribution is 0.922. The first-order valence-electron chi connectivity index (χ1n) is 15.5. The number of benzene rings is 3. The smallest absolute Gasteiger partial charge is 0.0748 e. The summed E-state index contributed by atoms with van der Waals surface area (Å²) in [5, 5.41) is 6.43. The molecule has 1 atom stereocenters. The molecule has 0 aliphatic heterocycles. The van der Waals surface area contributed by atoms with Gasteiger partial charge in [0.2, 0.25) is 0 Å². The van der Waals surface area contributed by atoms with Gasteiger partial charge in [0.25, 0.3) is 0 Å². The van der Waals surface area contributed by atoms with Gasteiger partial charge in [0.15, 0.2) is 8.07 Å². The average Bonchev–Trinajstić information content (AvgIpc) is 3.23. The molecule has 0 spiro atoms. The molecule has 0 amide bonds. The molecule has 206 valence electrons. The van der Waals surface area contributed by atoms with Crippen molar-refractivity contribution < 1.29 is 0 Å². The molecule has 3 aromatic carbocycles. The summed E-state index contributed by atoms with van der Waals surface area (Å²) in [6, 6.07) is 22.9. The second-order valence-corrected chi connectivity index (χ2v) is 15.4. The summed E-state index contributed by atoms with van der Waals surface area (Å²) in [5.41, 5.74) is 11.8. The number of allylic oxidation sites excluding steroid dienone is 4. The zero-order valence-corrected chi connectivity index (χ0v) is 27.1. The predicted molar refractivity (Wildman–Crippen MR) is 176 cm³/mol. The molecule has 1 aliphatic rings. The summed E-state index contributed by atoms with van der Waals surface area (Å²) in [6.07, 6.45) is 8.95. The highest BCUT2D eigenvalue weighted by molar-refractivity contribution is 7.16. The van der Waals surface area contributed by atoms with Crippen molar-refractivity contribution in [1.82, 2.24) is 0 Å². The van der Waals surface area contributed by atoms with Gasteiger partial charge in [-0.15, -0.1) is 0 Å². The predicted octanol–water partition coefficient (Wildman–Crippen LogP) is 7.98. The Morgan fingerprint density at radius 1 is 0.487 bits per heavy atom. The first kappa shape index (κ1) is 29.3. The van der Waals surface area contributed by atoms with E-state index in [1.165, 1.54) is 44.5 Å².